The Balaban J connectivity index is 0.000000278. The molecule has 2 amide bonds. The average Bonchev–Trinajstić information content (AvgIpc) is 3.65. The minimum atomic E-state index is -4.45. The van der Waals surface area contributed by atoms with E-state index in [-0.39, 0.29) is 69.6 Å². The van der Waals surface area contributed by atoms with Gasteiger partial charge >= 0.3 is 35.8 Å². The Labute approximate surface area is 440 Å². The lowest BCUT2D eigenvalue weighted by Gasteiger charge is -2.13. The zero-order chi connectivity index (χ0) is 55.7. The summed E-state index contributed by atoms with van der Waals surface area (Å²) in [4.78, 5) is 65.0. The third-order valence-electron chi connectivity index (χ3n) is 9.46. The molecule has 0 aliphatic carbocycles. The molecule has 0 saturated heterocycles. The van der Waals surface area contributed by atoms with Crippen LogP contribution < -0.4 is 35.7 Å². The number of halogens is 7. The predicted octanol–water partition coefficient (Wildman–Crippen LogP) is 7.27. The number of aliphatic carboxylic acids is 1. The number of nitrogens with zero attached hydrogens (tertiary/aromatic N) is 6. The molecule has 6 rings (SSSR count). The number of benzene rings is 3. The highest BCUT2D eigenvalue weighted by Crippen LogP contribution is 2.36. The highest BCUT2D eigenvalue weighted by atomic mass is 35.5. The van der Waals surface area contributed by atoms with Gasteiger partial charge in [0.1, 0.15) is 35.6 Å². The fourth-order valence-electron chi connectivity index (χ4n) is 6.06. The molecule has 0 spiro atoms. The first-order chi connectivity index (χ1) is 34.5. The topological polar surface area (TPSA) is 319 Å². The molecule has 1 aliphatic rings. The fraction of sp³-hybridized carbons (Fsp3) is 0.349. The van der Waals surface area contributed by atoms with E-state index in [1.54, 1.807) is 15.4 Å². The van der Waals surface area contributed by atoms with Crippen molar-refractivity contribution < 1.29 is 69.9 Å². The molecule has 0 saturated carbocycles. The van der Waals surface area contributed by atoms with Crippen LogP contribution in [0.5, 0.6) is 17.5 Å². The number of carboxylic acid groups (broad SMARTS) is 2. The van der Waals surface area contributed by atoms with Gasteiger partial charge in [-0.15, -0.1) is 11.5 Å². The minimum Gasteiger partial charge on any atom is -0.494 e. The number of nitrogens with two attached hydrogens (primary N) is 1. The van der Waals surface area contributed by atoms with Crippen LogP contribution in [0.15, 0.2) is 58.2 Å². The second-order valence-corrected chi connectivity index (χ2v) is 21.0. The van der Waals surface area contributed by atoms with Crippen LogP contribution in [0.25, 0.3) is 5.69 Å². The third kappa shape index (κ3) is 19.3. The first-order valence-corrected chi connectivity index (χ1v) is 26.3. The van der Waals surface area contributed by atoms with Crippen molar-refractivity contribution in [2.45, 2.75) is 69.1 Å². The fourth-order valence-corrected chi connectivity index (χ4v) is 8.98. The molecule has 402 valence electrons. The van der Waals surface area contributed by atoms with Crippen molar-refractivity contribution in [2.24, 2.45) is 5.73 Å². The normalized spacial score (nSPS) is 13.0. The van der Waals surface area contributed by atoms with Crippen LogP contribution in [0.2, 0.25) is 20.1 Å². The van der Waals surface area contributed by atoms with Crippen LogP contribution in [0.3, 0.4) is 0 Å². The number of urea groups is 1. The monoisotopic (exact) mass is 1160 g/mol. The Hall–Kier alpha value is -6.17. The molecular formula is C43H47Cl4F3N9O13PS. The van der Waals surface area contributed by atoms with Crippen molar-refractivity contribution in [2.75, 3.05) is 39.0 Å². The van der Waals surface area contributed by atoms with Crippen LogP contribution in [-0.4, -0.2) is 117 Å². The summed E-state index contributed by atoms with van der Waals surface area (Å²) < 4.78 is 92.6. The number of rotatable bonds is 15. The molecular weight excluding hydrogens is 1110 g/mol. The number of aryl methyl sites for hydroxylation is 3. The van der Waals surface area contributed by atoms with Gasteiger partial charge in [0.05, 0.1) is 44.9 Å². The number of terminal acetylenes is 1. The number of carboxylic acids is 2. The third-order valence-corrected chi connectivity index (χ3v) is 13.2. The molecule has 3 heterocycles. The van der Waals surface area contributed by atoms with Crippen molar-refractivity contribution in [3.8, 4) is 35.5 Å². The van der Waals surface area contributed by atoms with Crippen LogP contribution >= 0.6 is 53.8 Å². The van der Waals surface area contributed by atoms with E-state index in [2.05, 4.69) is 31.3 Å². The summed E-state index contributed by atoms with van der Waals surface area (Å²) in [6.45, 7) is 3.44. The standard InChI is InChI=1S/C15H13Cl2N3O2.C15H16F3N5O4S.C8H6Cl2O3.C5H12NO4P/c1-2-7-22-13-9-12(10(16)8-11(13)17)20-15(21)19-6-4-3-5-14(19)18-20;1-9-19-12(22-14(20-9)27-2)21-13(24)23-28(25,26)11-6-4-3-5-10(11)7-8-15(16,17)18;1-13-7-5(10)3-2-4(9)6(7)8(11)12;1-11(9,10)3-2-4(6)5(7)8/h1,8-9H,3-7H2;3-6H,7-8H2,1-2H3,(H2,19,20,21,22,23,24);2-3H,1H3,(H,11,12);4H,2-3,6H2,1H3,(H,7,8)(H,9,10). The van der Waals surface area contributed by atoms with E-state index >= 15 is 0 Å². The quantitative estimate of drug-likeness (QED) is 0.0443. The van der Waals surface area contributed by atoms with Crippen molar-refractivity contribution in [3.05, 3.63) is 102 Å². The average molecular weight is 1160 g/mol. The summed E-state index contributed by atoms with van der Waals surface area (Å²) in [5.41, 5.74) is 5.13. The molecule has 0 fully saturated rings. The van der Waals surface area contributed by atoms with Crippen molar-refractivity contribution in [1.29, 1.82) is 0 Å². The van der Waals surface area contributed by atoms with Crippen molar-refractivity contribution in [3.63, 3.8) is 0 Å². The zero-order valence-corrected chi connectivity index (χ0v) is 44.1. The second kappa shape index (κ2) is 27.9. The molecule has 31 heteroatoms. The van der Waals surface area contributed by atoms with Gasteiger partial charge in [-0.2, -0.15) is 32.8 Å². The lowest BCUT2D eigenvalue weighted by Crippen LogP contribution is -2.35. The Bertz CT molecular complexity index is 3080. The maximum atomic E-state index is 12.5. The van der Waals surface area contributed by atoms with Gasteiger partial charge in [0.25, 0.3) is 10.0 Å². The number of carbonyl (C=O) groups is 3. The molecule has 0 bridgehead atoms. The van der Waals surface area contributed by atoms with Gasteiger partial charge in [0.2, 0.25) is 5.95 Å². The van der Waals surface area contributed by atoms with Crippen LogP contribution in [-0.2, 0) is 38.8 Å². The smallest absolute Gasteiger partial charge is 0.389 e. The highest BCUT2D eigenvalue weighted by Gasteiger charge is 2.29. The van der Waals surface area contributed by atoms with Crippen LogP contribution in [0.4, 0.5) is 23.9 Å². The number of hydrogen-bond donors (Lipinski definition) is 6. The van der Waals surface area contributed by atoms with Gasteiger partial charge in [-0.25, -0.2) is 27.5 Å². The molecule has 3 aromatic carbocycles. The van der Waals surface area contributed by atoms with Gasteiger partial charge in [0, 0.05) is 38.3 Å². The molecule has 1 aliphatic heterocycles. The lowest BCUT2D eigenvalue weighted by atomic mass is 10.1. The summed E-state index contributed by atoms with van der Waals surface area (Å²) in [6.07, 6.45) is 1.78. The Morgan fingerprint density at radius 2 is 1.65 bits per heavy atom. The van der Waals surface area contributed by atoms with Gasteiger partial charge in [-0.3, -0.25) is 19.2 Å². The molecule has 2 atom stereocenters. The van der Waals surface area contributed by atoms with E-state index in [1.165, 1.54) is 68.9 Å². The molecule has 74 heavy (non-hydrogen) atoms. The Morgan fingerprint density at radius 3 is 2.22 bits per heavy atom. The van der Waals surface area contributed by atoms with Gasteiger partial charge in [-0.1, -0.05) is 70.5 Å². The van der Waals surface area contributed by atoms with E-state index in [1.807, 2.05) is 0 Å². The summed E-state index contributed by atoms with van der Waals surface area (Å²) in [6, 6.07) is 8.78. The SMILES string of the molecule is C#CCOc1cc(-n2nc3n(c2=O)CCCC3)c(Cl)cc1Cl.COc1c(Cl)ccc(Cl)c1C(=O)O.COc1nc(C)nc(NC(=O)NS(=O)(=O)c2ccccc2CCC(F)(F)F)n1.CP(=O)(O)CCC(N)C(=O)O. The Kier molecular flexibility index (Phi) is 23.4. The summed E-state index contributed by atoms with van der Waals surface area (Å²) in [5.74, 6) is 1.24. The summed E-state index contributed by atoms with van der Waals surface area (Å²) >= 11 is 23.6. The predicted molar refractivity (Wildman–Crippen MR) is 267 cm³/mol. The van der Waals surface area contributed by atoms with Crippen molar-refractivity contribution in [1.82, 2.24) is 34.0 Å². The van der Waals surface area contributed by atoms with Gasteiger partial charge in [-0.05, 0) is 62.4 Å². The summed E-state index contributed by atoms with van der Waals surface area (Å²) in [7, 11) is -4.91. The zero-order valence-electron chi connectivity index (χ0n) is 39.3. The molecule has 7 N–H and O–H groups in total. The van der Waals surface area contributed by atoms with Gasteiger partial charge in [0.15, 0.2) is 13.1 Å². The lowest BCUT2D eigenvalue weighted by molar-refractivity contribution is -0.138. The first kappa shape index (κ1) is 62.1. The first-order valence-electron chi connectivity index (χ1n) is 21.0. The number of fused-ring (bicyclic) bond motifs is 1. The van der Waals surface area contributed by atoms with Crippen LogP contribution in [0.1, 0.15) is 53.3 Å². The number of aromatic carboxylic acids is 1. The Morgan fingerprint density at radius 1 is 0.986 bits per heavy atom. The van der Waals surface area contributed by atoms with E-state index in [9.17, 15) is 45.3 Å². The molecule has 2 unspecified atom stereocenters. The number of anilines is 1. The van der Waals surface area contributed by atoms with E-state index < -0.39 is 65.3 Å². The molecule has 5 aromatic rings. The van der Waals surface area contributed by atoms with E-state index in [0.717, 1.165) is 31.2 Å². The number of nitrogens with one attached hydrogen (secondary N) is 2. The number of methoxy groups -OCH3 is 2. The number of ether oxygens (including phenoxy) is 3. The van der Waals surface area contributed by atoms with Crippen LogP contribution in [0, 0.1) is 19.3 Å². The second-order valence-electron chi connectivity index (χ2n) is 15.2. The van der Waals surface area contributed by atoms with E-state index in [0.29, 0.717) is 28.0 Å². The number of hydrogen-bond acceptors (Lipinski definition) is 15. The largest absolute Gasteiger partial charge is 0.494 e. The maximum Gasteiger partial charge on any atom is 0.389 e. The van der Waals surface area contributed by atoms with Gasteiger partial charge < -0.3 is 35.1 Å². The van der Waals surface area contributed by atoms with Crippen molar-refractivity contribution >= 4 is 87.7 Å². The van der Waals surface area contributed by atoms with E-state index in [4.69, 9.17) is 87.9 Å². The minimum absolute atomic E-state index is 0.0412. The molecule has 0 radical (unpaired) electrons. The molecule has 22 nitrogen and oxygen atoms in total. The summed E-state index contributed by atoms with van der Waals surface area (Å²) in [5, 5.41) is 24.5. The number of amides is 2. The number of aromatic nitrogens is 6. The molecule has 2 aromatic heterocycles. The number of sulfonamides is 1. The number of carbonyl (C=O) groups excluding carboxylic acids is 1. The number of alkyl halides is 3. The maximum absolute atomic E-state index is 12.5. The highest BCUT2D eigenvalue weighted by molar-refractivity contribution is 7.90.